The van der Waals surface area contributed by atoms with Crippen LogP contribution in [0.3, 0.4) is 0 Å². The van der Waals surface area contributed by atoms with Gasteiger partial charge in [-0.3, -0.25) is 9.59 Å². The van der Waals surface area contributed by atoms with Gasteiger partial charge < -0.3 is 20.0 Å². The van der Waals surface area contributed by atoms with E-state index in [0.29, 0.717) is 17.8 Å². The quantitative estimate of drug-likeness (QED) is 0.625. The molecule has 31 heavy (non-hydrogen) atoms. The van der Waals surface area contributed by atoms with Crippen LogP contribution in [0.1, 0.15) is 52.2 Å². The molecule has 3 aromatic rings. The molecule has 2 aromatic heterocycles. The molecule has 160 valence electrons. The highest BCUT2D eigenvalue weighted by atomic mass is 16.3. The van der Waals surface area contributed by atoms with E-state index >= 15 is 0 Å². The van der Waals surface area contributed by atoms with Gasteiger partial charge in [0.2, 0.25) is 0 Å². The summed E-state index contributed by atoms with van der Waals surface area (Å²) in [5.74, 6) is 0.722. The van der Waals surface area contributed by atoms with Crippen molar-refractivity contribution in [3.05, 3.63) is 77.9 Å². The number of furan rings is 1. The Kier molecular flexibility index (Phi) is 6.62. The summed E-state index contributed by atoms with van der Waals surface area (Å²) in [6.45, 7) is 2.52. The van der Waals surface area contributed by atoms with Gasteiger partial charge in [0.25, 0.3) is 11.8 Å². The zero-order chi connectivity index (χ0) is 21.5. The molecule has 3 heterocycles. The van der Waals surface area contributed by atoms with Crippen molar-refractivity contribution in [3.63, 3.8) is 0 Å². The summed E-state index contributed by atoms with van der Waals surface area (Å²) in [5.41, 5.74) is 2.06. The van der Waals surface area contributed by atoms with Gasteiger partial charge in [0.1, 0.15) is 5.82 Å². The first-order valence-electron chi connectivity index (χ1n) is 10.6. The predicted molar refractivity (Wildman–Crippen MR) is 119 cm³/mol. The average Bonchev–Trinajstić information content (AvgIpc) is 3.21. The number of pyridine rings is 1. The molecule has 0 atom stereocenters. The van der Waals surface area contributed by atoms with Gasteiger partial charge in [0, 0.05) is 37.1 Å². The van der Waals surface area contributed by atoms with Crippen LogP contribution in [-0.4, -0.2) is 29.9 Å². The molecule has 1 saturated heterocycles. The lowest BCUT2D eigenvalue weighted by Crippen LogP contribution is -2.25. The Labute approximate surface area is 181 Å². The smallest absolute Gasteiger partial charge is 0.291 e. The third-order valence-electron chi connectivity index (χ3n) is 5.34. The third kappa shape index (κ3) is 5.51. The second-order valence-electron chi connectivity index (χ2n) is 7.62. The number of hydrogen-bond acceptors (Lipinski definition) is 5. The molecule has 7 nitrogen and oxygen atoms in total. The first-order chi connectivity index (χ1) is 15.2. The third-order valence-corrected chi connectivity index (χ3v) is 5.34. The summed E-state index contributed by atoms with van der Waals surface area (Å²) in [4.78, 5) is 31.4. The summed E-state index contributed by atoms with van der Waals surface area (Å²) in [7, 11) is 0. The molecule has 1 aliphatic rings. The Bertz CT molecular complexity index is 990. The molecule has 1 fully saturated rings. The molecule has 0 spiro atoms. The molecule has 0 aliphatic carbocycles. The van der Waals surface area contributed by atoms with Gasteiger partial charge in [0.05, 0.1) is 6.26 Å². The van der Waals surface area contributed by atoms with E-state index in [1.54, 1.807) is 36.4 Å². The van der Waals surface area contributed by atoms with Crippen LogP contribution in [0.25, 0.3) is 0 Å². The van der Waals surface area contributed by atoms with Gasteiger partial charge in [0.15, 0.2) is 5.76 Å². The molecule has 1 aliphatic heterocycles. The fourth-order valence-electron chi connectivity index (χ4n) is 3.60. The van der Waals surface area contributed by atoms with E-state index in [2.05, 4.69) is 20.5 Å². The number of nitrogens with zero attached hydrogens (tertiary/aromatic N) is 2. The number of carbonyl (C=O) groups is 2. The molecule has 4 rings (SSSR count). The highest BCUT2D eigenvalue weighted by Crippen LogP contribution is 2.17. The van der Waals surface area contributed by atoms with Crippen molar-refractivity contribution in [1.29, 1.82) is 0 Å². The number of nitrogens with one attached hydrogen (secondary N) is 2. The fraction of sp³-hybridized carbons (Fsp3) is 0.292. The number of amides is 2. The van der Waals surface area contributed by atoms with Crippen molar-refractivity contribution in [2.75, 3.05) is 23.3 Å². The number of aromatic nitrogens is 1. The molecule has 2 N–H and O–H groups in total. The number of anilines is 2. The van der Waals surface area contributed by atoms with Crippen LogP contribution in [0.2, 0.25) is 0 Å². The highest BCUT2D eigenvalue weighted by molar-refractivity contribution is 6.02. The Morgan fingerprint density at radius 1 is 0.935 bits per heavy atom. The molecule has 2 amide bonds. The lowest BCUT2D eigenvalue weighted by molar-refractivity contribution is 0.0950. The summed E-state index contributed by atoms with van der Waals surface area (Å²) in [6, 6.07) is 14.0. The molecular weight excluding hydrogens is 392 g/mol. The first kappa shape index (κ1) is 20.7. The van der Waals surface area contributed by atoms with Gasteiger partial charge in [-0.05, 0) is 60.9 Å². The van der Waals surface area contributed by atoms with E-state index in [1.165, 1.54) is 31.9 Å². The van der Waals surface area contributed by atoms with Gasteiger partial charge in [-0.2, -0.15) is 0 Å². The second kappa shape index (κ2) is 9.93. The predicted octanol–water partition coefficient (Wildman–Crippen LogP) is 4.24. The van der Waals surface area contributed by atoms with Crippen molar-refractivity contribution in [1.82, 2.24) is 10.3 Å². The number of hydrogen-bond donors (Lipinski definition) is 2. The van der Waals surface area contributed by atoms with E-state index in [4.69, 9.17) is 4.42 Å². The van der Waals surface area contributed by atoms with Gasteiger partial charge in [-0.25, -0.2) is 4.98 Å². The molecule has 7 heteroatoms. The fourth-order valence-corrected chi connectivity index (χ4v) is 3.60. The van der Waals surface area contributed by atoms with Crippen molar-refractivity contribution < 1.29 is 14.0 Å². The molecular formula is C24H26N4O3. The van der Waals surface area contributed by atoms with E-state index in [0.717, 1.165) is 24.5 Å². The lowest BCUT2D eigenvalue weighted by atomic mass is 10.2. The molecule has 0 bridgehead atoms. The largest absolute Gasteiger partial charge is 0.459 e. The Balaban J connectivity index is 1.28. The van der Waals surface area contributed by atoms with Crippen LogP contribution in [0, 0.1) is 0 Å². The average molecular weight is 418 g/mol. The maximum absolute atomic E-state index is 12.4. The van der Waals surface area contributed by atoms with E-state index in [1.807, 2.05) is 18.3 Å². The molecule has 0 saturated carbocycles. The first-order valence-corrected chi connectivity index (χ1v) is 10.6. The summed E-state index contributed by atoms with van der Waals surface area (Å²) >= 11 is 0. The Morgan fingerprint density at radius 2 is 1.71 bits per heavy atom. The van der Waals surface area contributed by atoms with Crippen molar-refractivity contribution in [2.24, 2.45) is 0 Å². The standard InChI is InChI=1S/C24H26N4O3/c29-23(19-8-10-20(11-9-19)27-24(30)21-6-5-15-31-21)26-17-18-7-12-22(25-16-18)28-13-3-1-2-4-14-28/h5-12,15-16H,1-4,13-14,17H2,(H,26,29)(H,27,30). The number of benzene rings is 1. The van der Waals surface area contributed by atoms with Crippen LogP contribution in [-0.2, 0) is 6.54 Å². The molecule has 0 unspecified atom stereocenters. The van der Waals surface area contributed by atoms with Crippen molar-refractivity contribution in [3.8, 4) is 0 Å². The maximum Gasteiger partial charge on any atom is 0.291 e. The SMILES string of the molecule is O=C(NCc1ccc(N2CCCCCC2)nc1)c1ccc(NC(=O)c2ccco2)cc1. The lowest BCUT2D eigenvalue weighted by Gasteiger charge is -2.21. The zero-order valence-corrected chi connectivity index (χ0v) is 17.3. The van der Waals surface area contributed by atoms with Crippen LogP contribution in [0.4, 0.5) is 11.5 Å². The van der Waals surface area contributed by atoms with Crippen molar-refractivity contribution >= 4 is 23.3 Å². The zero-order valence-electron chi connectivity index (χ0n) is 17.3. The Hall–Kier alpha value is -3.61. The number of rotatable bonds is 6. The topological polar surface area (TPSA) is 87.5 Å². The molecule has 1 aromatic carbocycles. The van der Waals surface area contributed by atoms with Gasteiger partial charge >= 0.3 is 0 Å². The van der Waals surface area contributed by atoms with Gasteiger partial charge in [-0.15, -0.1) is 0 Å². The normalized spacial score (nSPS) is 14.0. The minimum atomic E-state index is -0.335. The summed E-state index contributed by atoms with van der Waals surface area (Å²) in [5, 5.41) is 5.64. The van der Waals surface area contributed by atoms with E-state index in [-0.39, 0.29) is 17.6 Å². The second-order valence-corrected chi connectivity index (χ2v) is 7.62. The molecule has 0 radical (unpaired) electrons. The van der Waals surface area contributed by atoms with E-state index < -0.39 is 0 Å². The van der Waals surface area contributed by atoms with Crippen LogP contribution in [0.15, 0.2) is 65.4 Å². The Morgan fingerprint density at radius 3 is 2.35 bits per heavy atom. The summed E-state index contributed by atoms with van der Waals surface area (Å²) in [6.07, 6.45) is 8.28. The van der Waals surface area contributed by atoms with E-state index in [9.17, 15) is 9.59 Å². The summed E-state index contributed by atoms with van der Waals surface area (Å²) < 4.78 is 5.07. The van der Waals surface area contributed by atoms with Crippen molar-refractivity contribution in [2.45, 2.75) is 32.2 Å². The highest BCUT2D eigenvalue weighted by Gasteiger charge is 2.12. The maximum atomic E-state index is 12.4. The van der Waals surface area contributed by atoms with Crippen LogP contribution >= 0.6 is 0 Å². The van der Waals surface area contributed by atoms with Crippen LogP contribution < -0.4 is 15.5 Å². The van der Waals surface area contributed by atoms with Gasteiger partial charge in [-0.1, -0.05) is 18.9 Å². The minimum absolute atomic E-state index is 0.180. The van der Waals surface area contributed by atoms with Crippen LogP contribution in [0.5, 0.6) is 0 Å². The minimum Gasteiger partial charge on any atom is -0.459 e. The number of carbonyl (C=O) groups excluding carboxylic acids is 2. The monoisotopic (exact) mass is 418 g/mol.